The topological polar surface area (TPSA) is 83.6 Å². The van der Waals surface area contributed by atoms with E-state index in [1.54, 1.807) is 30.8 Å². The normalized spacial score (nSPS) is 20.2. The Morgan fingerprint density at radius 3 is 2.96 bits per heavy atom. The molecule has 1 saturated heterocycles. The lowest BCUT2D eigenvalue weighted by atomic mass is 10.0. The third kappa shape index (κ3) is 2.92. The van der Waals surface area contributed by atoms with E-state index in [-0.39, 0.29) is 11.6 Å². The fourth-order valence-corrected chi connectivity index (χ4v) is 3.93. The van der Waals surface area contributed by atoms with Crippen LogP contribution >= 0.6 is 23.4 Å². The molecule has 8 heteroatoms. The van der Waals surface area contributed by atoms with Gasteiger partial charge in [-0.05, 0) is 31.2 Å². The Balaban J connectivity index is 1.89. The van der Waals surface area contributed by atoms with Gasteiger partial charge in [0.05, 0.1) is 22.5 Å². The molecule has 0 radical (unpaired) electrons. The van der Waals surface area contributed by atoms with Crippen molar-refractivity contribution in [1.29, 1.82) is 5.26 Å². The average Bonchev–Trinajstić information content (AvgIpc) is 3.15. The smallest absolute Gasteiger partial charge is 0.275 e. The minimum atomic E-state index is -0.817. The number of carbonyl (C=O) groups is 1. The van der Waals surface area contributed by atoms with Gasteiger partial charge in [0, 0.05) is 5.75 Å². The van der Waals surface area contributed by atoms with Crippen molar-refractivity contribution in [2.75, 3.05) is 11.5 Å². The molecule has 23 heavy (non-hydrogen) atoms. The molecule has 0 unspecified atom stereocenters. The van der Waals surface area contributed by atoms with Gasteiger partial charge in [-0.25, -0.2) is 4.68 Å². The molecule has 1 atom stereocenters. The first-order valence-corrected chi connectivity index (χ1v) is 8.58. The molecule has 3 rings (SSSR count). The Morgan fingerprint density at radius 1 is 1.52 bits per heavy atom. The van der Waals surface area contributed by atoms with E-state index >= 15 is 0 Å². The van der Waals surface area contributed by atoms with E-state index in [1.807, 2.05) is 12.1 Å². The van der Waals surface area contributed by atoms with Gasteiger partial charge < -0.3 is 5.32 Å². The third-order valence-corrected chi connectivity index (χ3v) is 5.29. The maximum absolute atomic E-state index is 12.5. The van der Waals surface area contributed by atoms with Crippen LogP contribution in [0.5, 0.6) is 0 Å². The molecular formula is C15H14ClN5OS. The van der Waals surface area contributed by atoms with Crippen LogP contribution in [0.2, 0.25) is 5.02 Å². The summed E-state index contributed by atoms with van der Waals surface area (Å²) in [5.74, 6) is 1.07. The van der Waals surface area contributed by atoms with Crippen molar-refractivity contribution in [2.45, 2.75) is 18.9 Å². The summed E-state index contributed by atoms with van der Waals surface area (Å²) in [4.78, 5) is 12.5. The molecule has 118 valence electrons. The van der Waals surface area contributed by atoms with Gasteiger partial charge in [-0.15, -0.1) is 5.10 Å². The summed E-state index contributed by atoms with van der Waals surface area (Å²) in [6.45, 7) is 1.75. The lowest BCUT2D eigenvalue weighted by Crippen LogP contribution is -2.47. The Morgan fingerprint density at radius 2 is 2.30 bits per heavy atom. The highest BCUT2D eigenvalue weighted by Crippen LogP contribution is 2.28. The Labute approximate surface area is 142 Å². The van der Waals surface area contributed by atoms with E-state index in [1.165, 1.54) is 4.68 Å². The molecule has 1 aromatic heterocycles. The van der Waals surface area contributed by atoms with Crippen LogP contribution < -0.4 is 5.32 Å². The van der Waals surface area contributed by atoms with Gasteiger partial charge in [0.25, 0.3) is 5.91 Å². The monoisotopic (exact) mass is 347 g/mol. The lowest BCUT2D eigenvalue weighted by Gasteiger charge is -2.20. The van der Waals surface area contributed by atoms with Gasteiger partial charge in [0.1, 0.15) is 5.54 Å². The number of thioether (sulfide) groups is 1. The van der Waals surface area contributed by atoms with Gasteiger partial charge in [-0.2, -0.15) is 17.0 Å². The summed E-state index contributed by atoms with van der Waals surface area (Å²) in [6, 6.07) is 9.42. The molecule has 1 amide bonds. The van der Waals surface area contributed by atoms with Crippen LogP contribution in [0.4, 0.5) is 0 Å². The molecular weight excluding hydrogens is 334 g/mol. The number of halogens is 1. The third-order valence-electron chi connectivity index (χ3n) is 3.78. The Kier molecular flexibility index (Phi) is 4.28. The van der Waals surface area contributed by atoms with Crippen LogP contribution in [-0.4, -0.2) is 37.9 Å². The van der Waals surface area contributed by atoms with Gasteiger partial charge in [0.15, 0.2) is 5.69 Å². The highest BCUT2D eigenvalue weighted by molar-refractivity contribution is 7.99. The zero-order valence-corrected chi connectivity index (χ0v) is 14.0. The molecule has 1 aliphatic heterocycles. The number of carbonyl (C=O) groups excluding carboxylic acids is 1. The summed E-state index contributed by atoms with van der Waals surface area (Å²) in [5.41, 5.74) is 0.623. The number of benzene rings is 1. The number of aromatic nitrogens is 3. The predicted octanol–water partition coefficient (Wildman–Crippen LogP) is 2.36. The van der Waals surface area contributed by atoms with E-state index in [9.17, 15) is 10.1 Å². The molecule has 1 N–H and O–H groups in total. The number of nitriles is 1. The van der Waals surface area contributed by atoms with Gasteiger partial charge in [0.2, 0.25) is 0 Å². The highest BCUT2D eigenvalue weighted by atomic mass is 35.5. The largest absolute Gasteiger partial charge is 0.332 e. The van der Waals surface area contributed by atoms with E-state index in [0.29, 0.717) is 28.6 Å². The number of rotatable bonds is 3. The van der Waals surface area contributed by atoms with Crippen molar-refractivity contribution in [1.82, 2.24) is 20.3 Å². The molecule has 0 bridgehead atoms. The fourth-order valence-electron chi connectivity index (χ4n) is 2.45. The van der Waals surface area contributed by atoms with Crippen LogP contribution in [0.3, 0.4) is 0 Å². The first kappa shape index (κ1) is 15.8. The zero-order valence-electron chi connectivity index (χ0n) is 12.4. The molecule has 6 nitrogen and oxygen atoms in total. The van der Waals surface area contributed by atoms with Crippen LogP contribution in [0, 0.1) is 18.3 Å². The molecule has 1 aliphatic rings. The highest BCUT2D eigenvalue weighted by Gasteiger charge is 2.37. The molecule has 2 heterocycles. The van der Waals surface area contributed by atoms with Gasteiger partial charge in [-0.3, -0.25) is 4.79 Å². The number of hydrogen-bond acceptors (Lipinski definition) is 5. The number of amides is 1. The maximum Gasteiger partial charge on any atom is 0.275 e. The van der Waals surface area contributed by atoms with E-state index < -0.39 is 5.54 Å². The minimum Gasteiger partial charge on any atom is -0.332 e. The standard InChI is InChI=1S/C15H14ClN5OS/c1-10-13(14(22)18-15(8-17)6-7-23-9-15)19-20-21(10)12-5-3-2-4-11(12)16/h2-5H,6-7,9H2,1H3,(H,18,22)/t15-/m0/s1. The summed E-state index contributed by atoms with van der Waals surface area (Å²) in [7, 11) is 0. The van der Waals surface area contributed by atoms with Crippen LogP contribution in [0.15, 0.2) is 24.3 Å². The summed E-state index contributed by atoms with van der Waals surface area (Å²) in [6.07, 6.45) is 0.637. The number of para-hydroxylation sites is 1. The van der Waals surface area contributed by atoms with Gasteiger partial charge in [-0.1, -0.05) is 28.9 Å². The van der Waals surface area contributed by atoms with Crippen molar-refractivity contribution >= 4 is 29.3 Å². The van der Waals surface area contributed by atoms with E-state index in [0.717, 1.165) is 5.75 Å². The summed E-state index contributed by atoms with van der Waals surface area (Å²) >= 11 is 7.82. The first-order valence-electron chi connectivity index (χ1n) is 7.05. The average molecular weight is 348 g/mol. The second kappa shape index (κ2) is 6.22. The molecule has 2 aromatic rings. The summed E-state index contributed by atoms with van der Waals surface area (Å²) < 4.78 is 1.53. The second-order valence-corrected chi connectivity index (χ2v) is 6.85. The van der Waals surface area contributed by atoms with Crippen LogP contribution in [-0.2, 0) is 0 Å². The van der Waals surface area contributed by atoms with Gasteiger partial charge >= 0.3 is 0 Å². The van der Waals surface area contributed by atoms with E-state index in [2.05, 4.69) is 21.7 Å². The second-order valence-electron chi connectivity index (χ2n) is 5.34. The molecule has 1 fully saturated rings. The van der Waals surface area contributed by atoms with E-state index in [4.69, 9.17) is 11.6 Å². The fraction of sp³-hybridized carbons (Fsp3) is 0.333. The SMILES string of the molecule is Cc1c(C(=O)N[C@]2(C#N)CCSC2)nnn1-c1ccccc1Cl. The van der Waals surface area contributed by atoms with Crippen molar-refractivity contribution in [3.05, 3.63) is 40.7 Å². The van der Waals surface area contributed by atoms with Crippen LogP contribution in [0.1, 0.15) is 22.6 Å². The quantitative estimate of drug-likeness (QED) is 0.921. The minimum absolute atomic E-state index is 0.205. The number of nitrogens with one attached hydrogen (secondary N) is 1. The first-order chi connectivity index (χ1) is 11.1. The van der Waals surface area contributed by atoms with Crippen molar-refractivity contribution < 1.29 is 4.79 Å². The Bertz CT molecular complexity index is 791. The predicted molar refractivity (Wildman–Crippen MR) is 88.9 cm³/mol. The van der Waals surface area contributed by atoms with Crippen molar-refractivity contribution in [3.63, 3.8) is 0 Å². The lowest BCUT2D eigenvalue weighted by molar-refractivity contribution is 0.0920. The molecule has 1 aromatic carbocycles. The molecule has 0 saturated carbocycles. The van der Waals surface area contributed by atoms with Crippen molar-refractivity contribution in [3.8, 4) is 11.8 Å². The maximum atomic E-state index is 12.5. The molecule has 0 aliphatic carbocycles. The Hall–Kier alpha value is -2.04. The van der Waals surface area contributed by atoms with Crippen LogP contribution in [0.25, 0.3) is 5.69 Å². The molecule has 0 spiro atoms. The number of hydrogen-bond donors (Lipinski definition) is 1. The number of nitrogens with zero attached hydrogens (tertiary/aromatic N) is 4. The zero-order chi connectivity index (χ0) is 16.4. The summed E-state index contributed by atoms with van der Waals surface area (Å²) in [5, 5.41) is 20.7. The van der Waals surface area contributed by atoms with Crippen molar-refractivity contribution in [2.24, 2.45) is 0 Å².